The SMILES string of the molecule is CCCCCCCCCCN(C=Cc1ccccc1)CCCCCCCCCC. The summed E-state index contributed by atoms with van der Waals surface area (Å²) in [7, 11) is 0. The summed E-state index contributed by atoms with van der Waals surface area (Å²) in [6.07, 6.45) is 27.0. The normalized spacial score (nSPS) is 11.4. The Hall–Kier alpha value is -1.24. The lowest BCUT2D eigenvalue weighted by Gasteiger charge is -2.20. The van der Waals surface area contributed by atoms with Crippen LogP contribution in [0.3, 0.4) is 0 Å². The van der Waals surface area contributed by atoms with Crippen LogP contribution in [-0.4, -0.2) is 18.0 Å². The molecule has 0 saturated carbocycles. The lowest BCUT2D eigenvalue weighted by atomic mass is 10.1. The van der Waals surface area contributed by atoms with Gasteiger partial charge in [-0.3, -0.25) is 0 Å². The van der Waals surface area contributed by atoms with Crippen molar-refractivity contribution in [2.45, 2.75) is 117 Å². The van der Waals surface area contributed by atoms with Crippen molar-refractivity contribution in [3.63, 3.8) is 0 Å². The van der Waals surface area contributed by atoms with E-state index < -0.39 is 0 Å². The summed E-state index contributed by atoms with van der Waals surface area (Å²) >= 11 is 0. The fourth-order valence-electron chi connectivity index (χ4n) is 3.91. The summed E-state index contributed by atoms with van der Waals surface area (Å²) in [5.74, 6) is 0. The molecule has 0 saturated heterocycles. The first-order valence-electron chi connectivity index (χ1n) is 12.8. The molecule has 0 unspecified atom stereocenters. The van der Waals surface area contributed by atoms with E-state index in [0.29, 0.717) is 0 Å². The highest BCUT2D eigenvalue weighted by molar-refractivity contribution is 5.48. The van der Waals surface area contributed by atoms with Gasteiger partial charge >= 0.3 is 0 Å². The first-order valence-corrected chi connectivity index (χ1v) is 12.8. The summed E-state index contributed by atoms with van der Waals surface area (Å²) in [6.45, 7) is 7.03. The van der Waals surface area contributed by atoms with Crippen LogP contribution in [0.2, 0.25) is 0 Å². The van der Waals surface area contributed by atoms with Crippen molar-refractivity contribution in [3.8, 4) is 0 Å². The minimum atomic E-state index is 1.22. The summed E-state index contributed by atoms with van der Waals surface area (Å²) in [5.41, 5.74) is 1.31. The van der Waals surface area contributed by atoms with Gasteiger partial charge in [-0.05, 0) is 30.7 Å². The van der Waals surface area contributed by atoms with Gasteiger partial charge in [0.2, 0.25) is 0 Å². The molecule has 0 radical (unpaired) electrons. The molecule has 0 aliphatic rings. The molecule has 1 aromatic rings. The quantitative estimate of drug-likeness (QED) is 0.197. The third kappa shape index (κ3) is 16.3. The Bertz CT molecular complexity index is 444. The molecule has 0 aliphatic carbocycles. The molecule has 1 rings (SSSR count). The molecule has 1 nitrogen and oxygen atoms in total. The van der Waals surface area contributed by atoms with E-state index in [1.54, 1.807) is 0 Å². The van der Waals surface area contributed by atoms with Crippen LogP contribution in [0, 0.1) is 0 Å². The van der Waals surface area contributed by atoms with Crippen LogP contribution in [0.4, 0.5) is 0 Å². The monoisotopic (exact) mass is 399 g/mol. The minimum Gasteiger partial charge on any atom is -0.377 e. The Kier molecular flexibility index (Phi) is 17.8. The molecule has 0 amide bonds. The van der Waals surface area contributed by atoms with E-state index in [-0.39, 0.29) is 0 Å². The summed E-state index contributed by atoms with van der Waals surface area (Å²) in [5, 5.41) is 0. The van der Waals surface area contributed by atoms with Crippen molar-refractivity contribution < 1.29 is 0 Å². The van der Waals surface area contributed by atoms with Gasteiger partial charge in [-0.1, -0.05) is 134 Å². The first kappa shape index (κ1) is 25.8. The van der Waals surface area contributed by atoms with Crippen molar-refractivity contribution >= 4 is 6.08 Å². The van der Waals surface area contributed by atoms with E-state index in [1.165, 1.54) is 121 Å². The van der Waals surface area contributed by atoms with Gasteiger partial charge in [0.1, 0.15) is 0 Å². The number of rotatable bonds is 20. The second-order valence-corrected chi connectivity index (χ2v) is 8.71. The fourth-order valence-corrected chi connectivity index (χ4v) is 3.91. The van der Waals surface area contributed by atoms with Gasteiger partial charge in [0.25, 0.3) is 0 Å². The lowest BCUT2D eigenvalue weighted by molar-refractivity contribution is 0.351. The third-order valence-electron chi connectivity index (χ3n) is 5.88. The lowest BCUT2D eigenvalue weighted by Crippen LogP contribution is -2.20. The molecule has 0 spiro atoms. The van der Waals surface area contributed by atoms with Crippen molar-refractivity contribution in [3.05, 3.63) is 42.1 Å². The summed E-state index contributed by atoms with van der Waals surface area (Å²) < 4.78 is 0. The van der Waals surface area contributed by atoms with Gasteiger partial charge < -0.3 is 4.90 Å². The molecular weight excluding hydrogens is 350 g/mol. The fraction of sp³-hybridized carbons (Fsp3) is 0.714. The van der Waals surface area contributed by atoms with Gasteiger partial charge in [0.15, 0.2) is 0 Å². The van der Waals surface area contributed by atoms with Crippen LogP contribution >= 0.6 is 0 Å². The largest absolute Gasteiger partial charge is 0.377 e. The average Bonchev–Trinajstić information content (AvgIpc) is 2.75. The standard InChI is InChI=1S/C28H49N/c1-3-5-7-9-11-13-15-20-25-29(27-24-28-22-18-17-19-23-28)26-21-16-14-12-10-8-6-4-2/h17-19,22-24,27H,3-16,20-21,25-26H2,1-2H3. The van der Waals surface area contributed by atoms with E-state index in [1.807, 2.05) is 0 Å². The zero-order valence-corrected chi connectivity index (χ0v) is 19.7. The molecule has 1 aromatic carbocycles. The second kappa shape index (κ2) is 20.0. The second-order valence-electron chi connectivity index (χ2n) is 8.71. The molecule has 166 valence electrons. The van der Waals surface area contributed by atoms with Gasteiger partial charge in [-0.15, -0.1) is 0 Å². The highest BCUT2D eigenvalue weighted by Gasteiger charge is 2.01. The average molecular weight is 400 g/mol. The molecule has 0 atom stereocenters. The molecule has 0 fully saturated rings. The van der Waals surface area contributed by atoms with Crippen molar-refractivity contribution in [1.29, 1.82) is 0 Å². The van der Waals surface area contributed by atoms with E-state index in [4.69, 9.17) is 0 Å². The molecule has 0 heterocycles. The van der Waals surface area contributed by atoms with Crippen LogP contribution in [-0.2, 0) is 0 Å². The maximum Gasteiger partial charge on any atom is 0.0172 e. The molecule has 1 heteroatoms. The molecule has 0 aliphatic heterocycles. The highest BCUT2D eigenvalue weighted by Crippen LogP contribution is 2.12. The molecular formula is C28H49N. The Morgan fingerprint density at radius 2 is 0.966 bits per heavy atom. The first-order chi connectivity index (χ1) is 14.4. The summed E-state index contributed by atoms with van der Waals surface area (Å²) in [6, 6.07) is 10.7. The van der Waals surface area contributed by atoms with Crippen LogP contribution in [0.1, 0.15) is 122 Å². The van der Waals surface area contributed by atoms with E-state index in [9.17, 15) is 0 Å². The van der Waals surface area contributed by atoms with E-state index in [2.05, 4.69) is 61.4 Å². The topological polar surface area (TPSA) is 3.24 Å². The van der Waals surface area contributed by atoms with Crippen molar-refractivity contribution in [2.75, 3.05) is 13.1 Å². The predicted molar refractivity (Wildman–Crippen MR) is 132 cm³/mol. The van der Waals surface area contributed by atoms with Crippen molar-refractivity contribution in [2.24, 2.45) is 0 Å². The predicted octanol–water partition coefficient (Wildman–Crippen LogP) is 9.24. The van der Waals surface area contributed by atoms with Crippen LogP contribution in [0.25, 0.3) is 6.08 Å². The highest BCUT2D eigenvalue weighted by atomic mass is 15.1. The van der Waals surface area contributed by atoms with Crippen LogP contribution in [0.15, 0.2) is 36.5 Å². The van der Waals surface area contributed by atoms with Crippen LogP contribution < -0.4 is 0 Å². The van der Waals surface area contributed by atoms with E-state index in [0.717, 1.165) is 0 Å². The Morgan fingerprint density at radius 3 is 1.41 bits per heavy atom. The van der Waals surface area contributed by atoms with Gasteiger partial charge in [-0.25, -0.2) is 0 Å². The van der Waals surface area contributed by atoms with Crippen LogP contribution in [0.5, 0.6) is 0 Å². The molecule has 0 aromatic heterocycles. The Balaban J connectivity index is 2.23. The number of hydrogen-bond donors (Lipinski definition) is 0. The van der Waals surface area contributed by atoms with Gasteiger partial charge in [0, 0.05) is 13.1 Å². The molecule has 0 N–H and O–H groups in total. The zero-order chi connectivity index (χ0) is 20.8. The maximum absolute atomic E-state index is 2.57. The molecule has 29 heavy (non-hydrogen) atoms. The zero-order valence-electron chi connectivity index (χ0n) is 19.7. The minimum absolute atomic E-state index is 1.22. The maximum atomic E-state index is 2.57. The summed E-state index contributed by atoms with van der Waals surface area (Å²) in [4.78, 5) is 2.57. The third-order valence-corrected chi connectivity index (χ3v) is 5.88. The number of hydrogen-bond acceptors (Lipinski definition) is 1. The van der Waals surface area contributed by atoms with Gasteiger partial charge in [-0.2, -0.15) is 0 Å². The smallest absolute Gasteiger partial charge is 0.0172 e. The van der Waals surface area contributed by atoms with E-state index >= 15 is 0 Å². The Labute approximate surface area is 183 Å². The number of nitrogens with zero attached hydrogens (tertiary/aromatic N) is 1. The number of unbranched alkanes of at least 4 members (excludes halogenated alkanes) is 14. The van der Waals surface area contributed by atoms with Crippen molar-refractivity contribution in [1.82, 2.24) is 4.90 Å². The Morgan fingerprint density at radius 1 is 0.552 bits per heavy atom. The molecule has 0 bridgehead atoms. The number of benzene rings is 1. The van der Waals surface area contributed by atoms with Gasteiger partial charge in [0.05, 0.1) is 0 Å².